The van der Waals surface area contributed by atoms with Gasteiger partial charge in [0.2, 0.25) is 5.88 Å². The van der Waals surface area contributed by atoms with Crippen molar-refractivity contribution in [3.05, 3.63) is 53.7 Å². The van der Waals surface area contributed by atoms with Crippen molar-refractivity contribution in [1.29, 1.82) is 0 Å². The number of aliphatic hydroxyl groups excluding tert-OH is 1. The first-order valence-electron chi connectivity index (χ1n) is 10.5. The standard InChI is InChI=1S/C23H34N4O3.HI/c1-6-24-23(26-14-18-7-12-22(25-13-18)30-17(4)5)27-15-21(28)19-8-10-20(11-9-19)29-16(2)3;/h7-13,16-17,21,28H,6,14-15H2,1-5H3,(H2,24,26,27);1H. The number of nitrogens with zero attached hydrogens (tertiary/aromatic N) is 2. The second-order valence-corrected chi connectivity index (χ2v) is 7.50. The number of rotatable bonds is 10. The van der Waals surface area contributed by atoms with Gasteiger partial charge in [-0.2, -0.15) is 0 Å². The summed E-state index contributed by atoms with van der Waals surface area (Å²) in [5.41, 5.74) is 1.80. The molecule has 8 heteroatoms. The number of benzene rings is 1. The molecule has 0 saturated carbocycles. The van der Waals surface area contributed by atoms with Crippen LogP contribution in [0.3, 0.4) is 0 Å². The Labute approximate surface area is 202 Å². The SMILES string of the molecule is CCNC(=NCc1ccc(OC(C)C)nc1)NCC(O)c1ccc(OC(C)C)cc1.I. The Balaban J connectivity index is 0.00000480. The van der Waals surface area contributed by atoms with E-state index in [1.807, 2.05) is 71.0 Å². The van der Waals surface area contributed by atoms with E-state index in [4.69, 9.17) is 9.47 Å². The average Bonchev–Trinajstić information content (AvgIpc) is 2.70. The molecule has 0 aliphatic carbocycles. The van der Waals surface area contributed by atoms with Gasteiger partial charge in [-0.15, -0.1) is 24.0 Å². The molecule has 0 fully saturated rings. The van der Waals surface area contributed by atoms with Crippen molar-refractivity contribution in [2.24, 2.45) is 4.99 Å². The van der Waals surface area contributed by atoms with Crippen molar-refractivity contribution in [1.82, 2.24) is 15.6 Å². The first kappa shape index (κ1) is 27.0. The van der Waals surface area contributed by atoms with Crippen LogP contribution < -0.4 is 20.1 Å². The van der Waals surface area contributed by atoms with E-state index in [9.17, 15) is 5.11 Å². The molecule has 0 saturated heterocycles. The largest absolute Gasteiger partial charge is 0.491 e. The lowest BCUT2D eigenvalue weighted by Gasteiger charge is -2.16. The van der Waals surface area contributed by atoms with Crippen LogP contribution in [0.15, 0.2) is 47.6 Å². The number of guanidine groups is 1. The number of halogens is 1. The predicted molar refractivity (Wildman–Crippen MR) is 135 cm³/mol. The third-order valence-corrected chi connectivity index (χ3v) is 4.02. The second kappa shape index (κ2) is 14.1. The van der Waals surface area contributed by atoms with Gasteiger partial charge >= 0.3 is 0 Å². The van der Waals surface area contributed by atoms with Crippen molar-refractivity contribution in [2.45, 2.75) is 59.5 Å². The maximum absolute atomic E-state index is 10.5. The van der Waals surface area contributed by atoms with E-state index < -0.39 is 6.10 Å². The quantitative estimate of drug-likeness (QED) is 0.239. The van der Waals surface area contributed by atoms with Crippen molar-refractivity contribution < 1.29 is 14.6 Å². The van der Waals surface area contributed by atoms with Crippen LogP contribution in [-0.4, -0.2) is 41.3 Å². The number of nitrogens with one attached hydrogen (secondary N) is 2. The van der Waals surface area contributed by atoms with Gasteiger partial charge in [0, 0.05) is 25.4 Å². The third kappa shape index (κ3) is 10.2. The minimum atomic E-state index is -0.656. The van der Waals surface area contributed by atoms with Crippen LogP contribution >= 0.6 is 24.0 Å². The van der Waals surface area contributed by atoms with Crippen LogP contribution in [0.1, 0.15) is 51.8 Å². The van der Waals surface area contributed by atoms with Gasteiger partial charge in [0.25, 0.3) is 0 Å². The summed E-state index contributed by atoms with van der Waals surface area (Å²) >= 11 is 0. The Morgan fingerprint density at radius 2 is 1.68 bits per heavy atom. The van der Waals surface area contributed by atoms with E-state index >= 15 is 0 Å². The smallest absolute Gasteiger partial charge is 0.213 e. The van der Waals surface area contributed by atoms with Gasteiger partial charge in [-0.3, -0.25) is 0 Å². The van der Waals surface area contributed by atoms with Crippen molar-refractivity contribution in [2.75, 3.05) is 13.1 Å². The summed E-state index contributed by atoms with van der Waals surface area (Å²) in [7, 11) is 0. The molecule has 1 atom stereocenters. The first-order valence-corrected chi connectivity index (χ1v) is 10.5. The molecule has 0 aliphatic rings. The topological polar surface area (TPSA) is 88.0 Å². The molecule has 172 valence electrons. The Kier molecular flexibility index (Phi) is 12.2. The molecule has 7 nitrogen and oxygen atoms in total. The van der Waals surface area contributed by atoms with E-state index in [-0.39, 0.29) is 36.2 Å². The van der Waals surface area contributed by atoms with E-state index in [1.54, 1.807) is 6.20 Å². The highest BCUT2D eigenvalue weighted by molar-refractivity contribution is 14.0. The third-order valence-electron chi connectivity index (χ3n) is 4.02. The summed E-state index contributed by atoms with van der Waals surface area (Å²) in [5, 5.41) is 16.9. The zero-order valence-electron chi connectivity index (χ0n) is 19.0. The molecule has 3 N–H and O–H groups in total. The molecule has 1 heterocycles. The van der Waals surface area contributed by atoms with Crippen LogP contribution in [0.25, 0.3) is 0 Å². The Morgan fingerprint density at radius 1 is 1.00 bits per heavy atom. The lowest BCUT2D eigenvalue weighted by atomic mass is 10.1. The number of aromatic nitrogens is 1. The number of aliphatic hydroxyl groups is 1. The van der Waals surface area contributed by atoms with E-state index in [1.165, 1.54) is 0 Å². The maximum atomic E-state index is 10.5. The van der Waals surface area contributed by atoms with Crippen LogP contribution in [0.2, 0.25) is 0 Å². The van der Waals surface area contributed by atoms with Crippen LogP contribution in [0.4, 0.5) is 0 Å². The fraction of sp³-hybridized carbons (Fsp3) is 0.478. The highest BCUT2D eigenvalue weighted by atomic mass is 127. The Hall–Kier alpha value is -2.07. The molecule has 0 radical (unpaired) electrons. The van der Waals surface area contributed by atoms with Gasteiger partial charge in [0.15, 0.2) is 5.96 Å². The van der Waals surface area contributed by atoms with E-state index in [0.29, 0.717) is 24.9 Å². The zero-order valence-corrected chi connectivity index (χ0v) is 21.3. The van der Waals surface area contributed by atoms with Gasteiger partial charge in [0.05, 0.1) is 24.9 Å². The molecule has 0 bridgehead atoms. The normalized spacial score (nSPS) is 12.3. The minimum absolute atomic E-state index is 0. The Morgan fingerprint density at radius 3 is 2.23 bits per heavy atom. The molecule has 1 aromatic carbocycles. The highest BCUT2D eigenvalue weighted by Crippen LogP contribution is 2.18. The summed E-state index contributed by atoms with van der Waals surface area (Å²) < 4.78 is 11.2. The fourth-order valence-corrected chi connectivity index (χ4v) is 2.68. The fourth-order valence-electron chi connectivity index (χ4n) is 2.68. The lowest BCUT2D eigenvalue weighted by molar-refractivity contribution is 0.180. The molecule has 2 aromatic rings. The van der Waals surface area contributed by atoms with Crippen LogP contribution in [0.5, 0.6) is 11.6 Å². The average molecular weight is 542 g/mol. The monoisotopic (exact) mass is 542 g/mol. The molecular formula is C23H35IN4O3. The van der Waals surface area contributed by atoms with E-state index in [0.717, 1.165) is 23.4 Å². The number of aliphatic imine (C=N–C) groups is 1. The molecule has 1 unspecified atom stereocenters. The highest BCUT2D eigenvalue weighted by Gasteiger charge is 2.09. The summed E-state index contributed by atoms with van der Waals surface area (Å²) in [4.78, 5) is 8.87. The molecule has 2 rings (SSSR count). The van der Waals surface area contributed by atoms with Gasteiger partial charge in [-0.05, 0) is 57.9 Å². The van der Waals surface area contributed by atoms with E-state index in [2.05, 4.69) is 20.6 Å². The van der Waals surface area contributed by atoms with Gasteiger partial charge in [0.1, 0.15) is 5.75 Å². The van der Waals surface area contributed by atoms with Crippen molar-refractivity contribution in [3.8, 4) is 11.6 Å². The summed E-state index contributed by atoms with van der Waals surface area (Å²) in [6.45, 7) is 11.4. The zero-order chi connectivity index (χ0) is 21.9. The minimum Gasteiger partial charge on any atom is -0.491 e. The molecule has 31 heavy (non-hydrogen) atoms. The summed E-state index contributed by atoms with van der Waals surface area (Å²) in [6, 6.07) is 11.3. The Bertz CT molecular complexity index is 780. The number of hydrogen-bond donors (Lipinski definition) is 3. The molecular weight excluding hydrogens is 507 g/mol. The summed E-state index contributed by atoms with van der Waals surface area (Å²) in [5.74, 6) is 2.04. The van der Waals surface area contributed by atoms with Crippen molar-refractivity contribution in [3.63, 3.8) is 0 Å². The molecule has 1 aromatic heterocycles. The number of pyridine rings is 1. The van der Waals surface area contributed by atoms with Gasteiger partial charge in [-0.1, -0.05) is 18.2 Å². The maximum Gasteiger partial charge on any atom is 0.213 e. The second-order valence-electron chi connectivity index (χ2n) is 7.50. The molecule has 0 amide bonds. The van der Waals surface area contributed by atoms with Gasteiger partial charge in [-0.25, -0.2) is 9.98 Å². The predicted octanol–water partition coefficient (Wildman–Crippen LogP) is 4.06. The lowest BCUT2D eigenvalue weighted by Crippen LogP contribution is -2.39. The van der Waals surface area contributed by atoms with Crippen molar-refractivity contribution >= 4 is 29.9 Å². The first-order chi connectivity index (χ1) is 14.4. The molecule has 0 spiro atoms. The van der Waals surface area contributed by atoms with Crippen LogP contribution in [-0.2, 0) is 6.54 Å². The molecule has 0 aliphatic heterocycles. The summed E-state index contributed by atoms with van der Waals surface area (Å²) in [6.07, 6.45) is 1.32. The van der Waals surface area contributed by atoms with Gasteiger partial charge < -0.3 is 25.2 Å². The number of hydrogen-bond acceptors (Lipinski definition) is 5. The van der Waals surface area contributed by atoms with Crippen LogP contribution in [0, 0.1) is 0 Å². The number of ether oxygens (including phenoxy) is 2.